The maximum atomic E-state index is 12.5. The van der Waals surface area contributed by atoms with Gasteiger partial charge in [0.15, 0.2) is 0 Å². The van der Waals surface area contributed by atoms with Crippen LogP contribution in [0.4, 0.5) is 18.9 Å². The molecular weight excluding hydrogens is 277 g/mol. The Morgan fingerprint density at radius 3 is 2.14 bits per heavy atom. The standard InChI is InChI=1S/C16H17F3N2/c1-10-4-9-15(12(3)20-10)21-11(2)13-5-7-14(8-6-13)16(17,18)19/h4-9,11,21H,1-3H3. The van der Waals surface area contributed by atoms with Crippen LogP contribution in [0, 0.1) is 13.8 Å². The summed E-state index contributed by atoms with van der Waals surface area (Å²) in [7, 11) is 0. The van der Waals surface area contributed by atoms with E-state index in [-0.39, 0.29) is 6.04 Å². The first-order valence-electron chi connectivity index (χ1n) is 6.65. The lowest BCUT2D eigenvalue weighted by molar-refractivity contribution is -0.137. The predicted molar refractivity (Wildman–Crippen MR) is 77.2 cm³/mol. The summed E-state index contributed by atoms with van der Waals surface area (Å²) >= 11 is 0. The second-order valence-electron chi connectivity index (χ2n) is 5.07. The third-order valence-electron chi connectivity index (χ3n) is 3.34. The topological polar surface area (TPSA) is 24.9 Å². The third kappa shape index (κ3) is 3.74. The molecule has 2 nitrogen and oxygen atoms in total. The van der Waals surface area contributed by atoms with E-state index in [1.807, 2.05) is 32.9 Å². The Labute approximate surface area is 122 Å². The van der Waals surface area contributed by atoms with Crippen LogP contribution < -0.4 is 5.32 Å². The Kier molecular flexibility index (Phi) is 4.21. The van der Waals surface area contributed by atoms with Crippen molar-refractivity contribution in [2.45, 2.75) is 33.0 Å². The number of halogens is 3. The van der Waals surface area contributed by atoms with Gasteiger partial charge in [-0.15, -0.1) is 0 Å². The molecular formula is C16H17F3N2. The minimum absolute atomic E-state index is 0.101. The molecule has 1 heterocycles. The number of aromatic nitrogens is 1. The van der Waals surface area contributed by atoms with E-state index >= 15 is 0 Å². The first-order valence-corrected chi connectivity index (χ1v) is 6.65. The molecule has 5 heteroatoms. The average molecular weight is 294 g/mol. The van der Waals surface area contributed by atoms with Crippen molar-refractivity contribution in [3.05, 3.63) is 58.9 Å². The highest BCUT2D eigenvalue weighted by molar-refractivity contribution is 5.49. The van der Waals surface area contributed by atoms with Gasteiger partial charge in [-0.25, -0.2) is 0 Å². The highest BCUT2D eigenvalue weighted by Crippen LogP contribution is 2.30. The van der Waals surface area contributed by atoms with Gasteiger partial charge in [-0.3, -0.25) is 4.98 Å². The molecule has 1 N–H and O–H groups in total. The highest BCUT2D eigenvalue weighted by atomic mass is 19.4. The van der Waals surface area contributed by atoms with E-state index in [9.17, 15) is 13.2 Å². The van der Waals surface area contributed by atoms with Gasteiger partial charge < -0.3 is 5.32 Å². The van der Waals surface area contributed by atoms with Crippen molar-refractivity contribution in [1.82, 2.24) is 4.98 Å². The SMILES string of the molecule is Cc1ccc(NC(C)c2ccc(C(F)(F)F)cc2)c(C)n1. The van der Waals surface area contributed by atoms with Crippen molar-refractivity contribution in [3.8, 4) is 0 Å². The predicted octanol–water partition coefficient (Wildman–Crippen LogP) is 4.89. The van der Waals surface area contributed by atoms with Gasteiger partial charge in [0.1, 0.15) is 0 Å². The van der Waals surface area contributed by atoms with E-state index in [4.69, 9.17) is 0 Å². The fraction of sp³-hybridized carbons (Fsp3) is 0.312. The van der Waals surface area contributed by atoms with Crippen LogP contribution in [0.3, 0.4) is 0 Å². The van der Waals surface area contributed by atoms with Gasteiger partial charge in [-0.2, -0.15) is 13.2 Å². The van der Waals surface area contributed by atoms with Gasteiger partial charge in [0.25, 0.3) is 0 Å². The molecule has 2 aromatic rings. The molecule has 0 aliphatic carbocycles. The molecule has 1 aromatic heterocycles. The van der Waals surface area contributed by atoms with Gasteiger partial charge in [-0.1, -0.05) is 12.1 Å². The van der Waals surface area contributed by atoms with Crippen molar-refractivity contribution in [2.75, 3.05) is 5.32 Å². The first-order chi connectivity index (χ1) is 9.77. The first kappa shape index (κ1) is 15.4. The number of alkyl halides is 3. The summed E-state index contributed by atoms with van der Waals surface area (Å²) in [5, 5.41) is 3.27. The smallest absolute Gasteiger partial charge is 0.377 e. The van der Waals surface area contributed by atoms with E-state index in [1.54, 1.807) is 0 Å². The van der Waals surface area contributed by atoms with Gasteiger partial charge in [0.05, 0.1) is 16.9 Å². The number of benzene rings is 1. The molecule has 1 aromatic carbocycles. The molecule has 0 spiro atoms. The summed E-state index contributed by atoms with van der Waals surface area (Å²) in [6, 6.07) is 8.93. The normalized spacial score (nSPS) is 13.0. The van der Waals surface area contributed by atoms with Crippen molar-refractivity contribution >= 4 is 5.69 Å². The number of hydrogen-bond acceptors (Lipinski definition) is 2. The van der Waals surface area contributed by atoms with Gasteiger partial charge in [0.2, 0.25) is 0 Å². The molecule has 0 saturated heterocycles. The van der Waals surface area contributed by atoms with Gasteiger partial charge in [0, 0.05) is 11.7 Å². The number of hydrogen-bond donors (Lipinski definition) is 1. The average Bonchev–Trinajstić information content (AvgIpc) is 2.41. The Morgan fingerprint density at radius 1 is 1.00 bits per heavy atom. The highest BCUT2D eigenvalue weighted by Gasteiger charge is 2.30. The van der Waals surface area contributed by atoms with E-state index in [0.717, 1.165) is 34.8 Å². The van der Waals surface area contributed by atoms with E-state index < -0.39 is 11.7 Å². The molecule has 0 amide bonds. The Hall–Kier alpha value is -2.04. The summed E-state index contributed by atoms with van der Waals surface area (Å²) in [5.74, 6) is 0. The molecule has 0 aliphatic heterocycles. The van der Waals surface area contributed by atoms with Crippen LogP contribution in [0.15, 0.2) is 36.4 Å². The Morgan fingerprint density at radius 2 is 1.62 bits per heavy atom. The fourth-order valence-corrected chi connectivity index (χ4v) is 2.12. The Bertz CT molecular complexity index is 618. The lowest BCUT2D eigenvalue weighted by atomic mass is 10.1. The molecule has 2 rings (SSSR count). The summed E-state index contributed by atoms with van der Waals surface area (Å²) in [4.78, 5) is 4.36. The molecule has 0 fully saturated rings. The van der Waals surface area contributed by atoms with Crippen LogP contribution in [0.2, 0.25) is 0 Å². The third-order valence-corrected chi connectivity index (χ3v) is 3.34. The second-order valence-corrected chi connectivity index (χ2v) is 5.07. The summed E-state index contributed by atoms with van der Waals surface area (Å²) in [6.45, 7) is 5.72. The summed E-state index contributed by atoms with van der Waals surface area (Å²) < 4.78 is 37.6. The van der Waals surface area contributed by atoms with Crippen LogP contribution >= 0.6 is 0 Å². The quantitative estimate of drug-likeness (QED) is 0.871. The number of anilines is 1. The number of rotatable bonds is 3. The number of pyridine rings is 1. The molecule has 0 bridgehead atoms. The zero-order valence-corrected chi connectivity index (χ0v) is 12.1. The number of aryl methyl sites for hydroxylation is 2. The molecule has 0 aliphatic rings. The largest absolute Gasteiger partial charge is 0.416 e. The van der Waals surface area contributed by atoms with E-state index in [1.165, 1.54) is 12.1 Å². The maximum Gasteiger partial charge on any atom is 0.416 e. The molecule has 0 saturated carbocycles. The molecule has 1 atom stereocenters. The zero-order valence-electron chi connectivity index (χ0n) is 12.1. The van der Waals surface area contributed by atoms with Crippen LogP contribution in [-0.4, -0.2) is 4.98 Å². The number of nitrogens with one attached hydrogen (secondary N) is 1. The van der Waals surface area contributed by atoms with Crippen molar-refractivity contribution in [1.29, 1.82) is 0 Å². The Balaban J connectivity index is 2.15. The van der Waals surface area contributed by atoms with Crippen LogP contribution in [0.25, 0.3) is 0 Å². The van der Waals surface area contributed by atoms with Crippen molar-refractivity contribution in [3.63, 3.8) is 0 Å². The lowest BCUT2D eigenvalue weighted by Gasteiger charge is -2.18. The lowest BCUT2D eigenvalue weighted by Crippen LogP contribution is -2.10. The summed E-state index contributed by atoms with van der Waals surface area (Å²) in [6.07, 6.45) is -4.30. The van der Waals surface area contributed by atoms with Crippen LogP contribution in [0.5, 0.6) is 0 Å². The van der Waals surface area contributed by atoms with E-state index in [0.29, 0.717) is 0 Å². The fourth-order valence-electron chi connectivity index (χ4n) is 2.12. The molecule has 21 heavy (non-hydrogen) atoms. The maximum absolute atomic E-state index is 12.5. The van der Waals surface area contributed by atoms with Crippen molar-refractivity contribution in [2.24, 2.45) is 0 Å². The minimum atomic E-state index is -4.30. The van der Waals surface area contributed by atoms with Gasteiger partial charge >= 0.3 is 6.18 Å². The molecule has 112 valence electrons. The molecule has 0 radical (unpaired) electrons. The monoisotopic (exact) mass is 294 g/mol. The van der Waals surface area contributed by atoms with Crippen LogP contribution in [0.1, 0.15) is 35.5 Å². The van der Waals surface area contributed by atoms with E-state index in [2.05, 4.69) is 10.3 Å². The van der Waals surface area contributed by atoms with Crippen LogP contribution in [-0.2, 0) is 6.18 Å². The molecule has 1 unspecified atom stereocenters. The number of nitrogens with zero attached hydrogens (tertiary/aromatic N) is 1. The minimum Gasteiger partial charge on any atom is -0.377 e. The van der Waals surface area contributed by atoms with Gasteiger partial charge in [-0.05, 0) is 50.6 Å². The second kappa shape index (κ2) is 5.76. The van der Waals surface area contributed by atoms with Crippen molar-refractivity contribution < 1.29 is 13.2 Å². The zero-order chi connectivity index (χ0) is 15.6. The summed E-state index contributed by atoms with van der Waals surface area (Å²) in [5.41, 5.74) is 2.84.